The molecule has 108 valence electrons. The van der Waals surface area contributed by atoms with Gasteiger partial charge >= 0.3 is 0 Å². The fourth-order valence-electron chi connectivity index (χ4n) is 2.42. The summed E-state index contributed by atoms with van der Waals surface area (Å²) in [6.07, 6.45) is 3.78. The number of nitrogens with zero attached hydrogens (tertiary/aromatic N) is 2. The summed E-state index contributed by atoms with van der Waals surface area (Å²) in [6.45, 7) is 0.731. The highest BCUT2D eigenvalue weighted by Crippen LogP contribution is 2.28. The molecule has 1 amide bonds. The van der Waals surface area contributed by atoms with Crippen LogP contribution < -0.4 is 5.56 Å². The molecule has 1 saturated carbocycles. The van der Waals surface area contributed by atoms with Crippen molar-refractivity contribution in [1.82, 2.24) is 9.47 Å². The number of aromatic nitrogens is 1. The van der Waals surface area contributed by atoms with Crippen LogP contribution in [0.5, 0.6) is 0 Å². The fraction of sp³-hybridized carbons (Fsp3) is 0.294. The van der Waals surface area contributed by atoms with Crippen molar-refractivity contribution >= 4 is 5.91 Å². The summed E-state index contributed by atoms with van der Waals surface area (Å²) in [5.41, 5.74) is 0.986. The smallest absolute Gasteiger partial charge is 0.250 e. The summed E-state index contributed by atoms with van der Waals surface area (Å²) in [5, 5.41) is 0. The van der Waals surface area contributed by atoms with E-state index < -0.39 is 0 Å². The van der Waals surface area contributed by atoms with E-state index in [0.717, 1.165) is 18.4 Å². The van der Waals surface area contributed by atoms with Crippen LogP contribution in [0.4, 0.5) is 0 Å². The normalized spacial score (nSPS) is 13.9. The predicted molar refractivity (Wildman–Crippen MR) is 80.7 cm³/mol. The van der Waals surface area contributed by atoms with Gasteiger partial charge in [0.25, 0.3) is 5.56 Å². The second kappa shape index (κ2) is 5.95. The molecule has 0 bridgehead atoms. The van der Waals surface area contributed by atoms with Crippen molar-refractivity contribution in [2.45, 2.75) is 32.0 Å². The second-order valence-corrected chi connectivity index (χ2v) is 5.41. The first-order valence-electron chi connectivity index (χ1n) is 7.23. The largest absolute Gasteiger partial charge is 0.334 e. The van der Waals surface area contributed by atoms with Crippen molar-refractivity contribution in [3.63, 3.8) is 0 Å². The maximum absolute atomic E-state index is 12.5. The van der Waals surface area contributed by atoms with E-state index in [1.807, 2.05) is 35.2 Å². The Morgan fingerprint density at radius 1 is 1.10 bits per heavy atom. The Balaban J connectivity index is 1.74. The van der Waals surface area contributed by atoms with Crippen LogP contribution in [-0.2, 0) is 17.9 Å². The summed E-state index contributed by atoms with van der Waals surface area (Å²) in [6, 6.07) is 15.2. The number of benzene rings is 1. The van der Waals surface area contributed by atoms with E-state index in [-0.39, 0.29) is 18.0 Å². The van der Waals surface area contributed by atoms with E-state index in [9.17, 15) is 9.59 Å². The molecule has 3 rings (SSSR count). The molecular formula is C17H18N2O2. The van der Waals surface area contributed by atoms with Gasteiger partial charge in [-0.2, -0.15) is 0 Å². The van der Waals surface area contributed by atoms with Crippen LogP contribution in [0.1, 0.15) is 18.4 Å². The topological polar surface area (TPSA) is 42.3 Å². The Labute approximate surface area is 123 Å². The lowest BCUT2D eigenvalue weighted by Gasteiger charge is -2.23. The third-order valence-electron chi connectivity index (χ3n) is 3.71. The number of carbonyl (C=O) groups excluding carboxylic acids is 1. The molecule has 1 aromatic carbocycles. The Bertz CT molecular complexity index is 674. The average molecular weight is 282 g/mol. The minimum Gasteiger partial charge on any atom is -0.334 e. The van der Waals surface area contributed by atoms with Crippen LogP contribution in [0.15, 0.2) is 59.5 Å². The molecule has 0 unspecified atom stereocenters. The first-order valence-corrected chi connectivity index (χ1v) is 7.23. The summed E-state index contributed by atoms with van der Waals surface area (Å²) in [4.78, 5) is 26.1. The van der Waals surface area contributed by atoms with E-state index in [1.54, 1.807) is 18.3 Å². The van der Waals surface area contributed by atoms with Crippen molar-refractivity contribution in [1.29, 1.82) is 0 Å². The van der Waals surface area contributed by atoms with Gasteiger partial charge in [0.1, 0.15) is 6.54 Å². The molecule has 0 atom stereocenters. The van der Waals surface area contributed by atoms with Gasteiger partial charge in [0.2, 0.25) is 5.91 Å². The molecule has 4 nitrogen and oxygen atoms in total. The quantitative estimate of drug-likeness (QED) is 0.842. The second-order valence-electron chi connectivity index (χ2n) is 5.41. The van der Waals surface area contributed by atoms with Crippen molar-refractivity contribution in [2.24, 2.45) is 0 Å². The predicted octanol–water partition coefficient (Wildman–Crippen LogP) is 2.04. The van der Waals surface area contributed by atoms with Gasteiger partial charge in [0, 0.05) is 24.8 Å². The minimum atomic E-state index is -0.138. The first-order chi connectivity index (χ1) is 10.2. The lowest BCUT2D eigenvalue weighted by Crippen LogP contribution is -2.37. The SMILES string of the molecule is O=C(Cn1ccccc1=O)N(Cc1ccccc1)C1CC1. The third-order valence-corrected chi connectivity index (χ3v) is 3.71. The highest BCUT2D eigenvalue weighted by Gasteiger charge is 2.32. The molecule has 0 aliphatic heterocycles. The van der Waals surface area contributed by atoms with Crippen molar-refractivity contribution in [2.75, 3.05) is 0 Å². The van der Waals surface area contributed by atoms with Crippen LogP contribution in [0.2, 0.25) is 0 Å². The maximum Gasteiger partial charge on any atom is 0.250 e. The Morgan fingerprint density at radius 3 is 2.48 bits per heavy atom. The van der Waals surface area contributed by atoms with Gasteiger partial charge in [0.05, 0.1) is 0 Å². The molecule has 0 saturated heterocycles. The fourth-order valence-corrected chi connectivity index (χ4v) is 2.42. The van der Waals surface area contributed by atoms with E-state index >= 15 is 0 Å². The van der Waals surface area contributed by atoms with Crippen molar-refractivity contribution < 1.29 is 4.79 Å². The Morgan fingerprint density at radius 2 is 1.81 bits per heavy atom. The number of pyridine rings is 1. The molecule has 1 fully saturated rings. The molecule has 4 heteroatoms. The van der Waals surface area contributed by atoms with Gasteiger partial charge in [-0.3, -0.25) is 9.59 Å². The van der Waals surface area contributed by atoms with E-state index in [0.29, 0.717) is 12.6 Å². The van der Waals surface area contributed by atoms with E-state index in [2.05, 4.69) is 0 Å². The van der Waals surface area contributed by atoms with Crippen LogP contribution >= 0.6 is 0 Å². The van der Waals surface area contributed by atoms with Crippen LogP contribution in [0.25, 0.3) is 0 Å². The zero-order chi connectivity index (χ0) is 14.7. The minimum absolute atomic E-state index is 0.00894. The Hall–Kier alpha value is -2.36. The Kier molecular flexibility index (Phi) is 3.86. The third kappa shape index (κ3) is 3.40. The number of carbonyl (C=O) groups is 1. The zero-order valence-electron chi connectivity index (χ0n) is 11.8. The van der Waals surface area contributed by atoms with E-state index in [1.165, 1.54) is 10.6 Å². The lowest BCUT2D eigenvalue weighted by atomic mass is 10.2. The molecule has 1 aromatic heterocycles. The number of amides is 1. The summed E-state index contributed by atoms with van der Waals surface area (Å²) < 4.78 is 1.46. The van der Waals surface area contributed by atoms with Gasteiger partial charge in [0.15, 0.2) is 0 Å². The highest BCUT2D eigenvalue weighted by atomic mass is 16.2. The number of hydrogen-bond acceptors (Lipinski definition) is 2. The average Bonchev–Trinajstić information content (AvgIpc) is 3.33. The maximum atomic E-state index is 12.5. The van der Waals surface area contributed by atoms with Gasteiger partial charge in [-0.05, 0) is 24.5 Å². The molecule has 1 aliphatic carbocycles. The van der Waals surface area contributed by atoms with Crippen molar-refractivity contribution in [3.05, 3.63) is 70.6 Å². The first kappa shape index (κ1) is 13.6. The molecular weight excluding hydrogens is 264 g/mol. The molecule has 2 aromatic rings. The molecule has 21 heavy (non-hydrogen) atoms. The van der Waals surface area contributed by atoms with Gasteiger partial charge < -0.3 is 9.47 Å². The highest BCUT2D eigenvalue weighted by molar-refractivity contribution is 5.76. The standard InChI is InChI=1S/C17H18N2O2/c20-16-8-4-5-11-18(16)13-17(21)19(15-9-10-15)12-14-6-2-1-3-7-14/h1-8,11,15H,9-10,12-13H2. The lowest BCUT2D eigenvalue weighted by molar-refractivity contribution is -0.133. The molecule has 1 aliphatic rings. The van der Waals surface area contributed by atoms with Crippen LogP contribution in [-0.4, -0.2) is 21.4 Å². The summed E-state index contributed by atoms with van der Waals surface area (Å²) >= 11 is 0. The molecule has 0 N–H and O–H groups in total. The van der Waals surface area contributed by atoms with Crippen molar-refractivity contribution in [3.8, 4) is 0 Å². The van der Waals surface area contributed by atoms with Gasteiger partial charge in [-0.25, -0.2) is 0 Å². The van der Waals surface area contributed by atoms with Crippen LogP contribution in [0, 0.1) is 0 Å². The van der Waals surface area contributed by atoms with Gasteiger partial charge in [-0.15, -0.1) is 0 Å². The van der Waals surface area contributed by atoms with E-state index in [4.69, 9.17) is 0 Å². The molecule has 1 heterocycles. The van der Waals surface area contributed by atoms with Gasteiger partial charge in [-0.1, -0.05) is 36.4 Å². The monoisotopic (exact) mass is 282 g/mol. The molecule has 0 spiro atoms. The summed E-state index contributed by atoms with van der Waals surface area (Å²) in [7, 11) is 0. The number of rotatable bonds is 5. The molecule has 0 radical (unpaired) electrons. The zero-order valence-corrected chi connectivity index (χ0v) is 11.8. The number of hydrogen-bond donors (Lipinski definition) is 0. The van der Waals surface area contributed by atoms with Crippen LogP contribution in [0.3, 0.4) is 0 Å². The summed E-state index contributed by atoms with van der Waals surface area (Å²) in [5.74, 6) is 0.00894.